The van der Waals surface area contributed by atoms with Crippen molar-refractivity contribution in [3.8, 4) is 0 Å². The number of piperidine rings is 1. The van der Waals surface area contributed by atoms with Crippen molar-refractivity contribution in [2.75, 3.05) is 30.8 Å². The number of pyridine rings is 1. The van der Waals surface area contributed by atoms with Crippen LogP contribution < -0.4 is 10.6 Å². The van der Waals surface area contributed by atoms with Gasteiger partial charge in [-0.2, -0.15) is 0 Å². The first-order valence-corrected chi connectivity index (χ1v) is 15.6. The molecule has 0 spiro atoms. The van der Waals surface area contributed by atoms with Gasteiger partial charge < -0.3 is 20.6 Å². The van der Waals surface area contributed by atoms with Gasteiger partial charge in [-0.15, -0.1) is 11.3 Å². The number of aliphatic hydroxyl groups is 1. The second kappa shape index (κ2) is 10.2. The Bertz CT molecular complexity index is 1180. The SMILES string of the molecule is CN1CCC(S(=O)(=O)c2cc(Nc3nc4c(s3)CC(C)(C)CC4)nc(N[C@H]3CC[C@H](O)CC3)c2)CC1. The molecule has 1 aliphatic heterocycles. The number of aromatic nitrogens is 2. The largest absolute Gasteiger partial charge is 0.393 e. The van der Waals surface area contributed by atoms with Crippen molar-refractivity contribution < 1.29 is 13.5 Å². The number of nitrogens with zero attached hydrogens (tertiary/aromatic N) is 3. The molecule has 0 unspecified atom stereocenters. The Kier molecular flexibility index (Phi) is 7.33. The predicted molar refractivity (Wildman–Crippen MR) is 145 cm³/mol. The molecule has 0 radical (unpaired) electrons. The van der Waals surface area contributed by atoms with E-state index in [1.165, 1.54) is 4.88 Å². The molecule has 36 heavy (non-hydrogen) atoms. The second-order valence-corrected chi connectivity index (χ2v) is 14.9. The predicted octanol–water partition coefficient (Wildman–Crippen LogP) is 4.38. The number of likely N-dealkylation sites (tertiary alicyclic amines) is 1. The molecule has 5 rings (SSSR count). The number of aryl methyl sites for hydroxylation is 1. The highest BCUT2D eigenvalue weighted by atomic mass is 32.2. The zero-order valence-corrected chi connectivity index (χ0v) is 23.2. The quantitative estimate of drug-likeness (QED) is 0.502. The molecule has 1 saturated heterocycles. The van der Waals surface area contributed by atoms with Crippen molar-refractivity contribution in [3.63, 3.8) is 0 Å². The summed E-state index contributed by atoms with van der Waals surface area (Å²) >= 11 is 1.65. The molecule has 8 nitrogen and oxygen atoms in total. The van der Waals surface area contributed by atoms with Gasteiger partial charge in [0.25, 0.3) is 0 Å². The zero-order chi connectivity index (χ0) is 25.5. The third kappa shape index (κ3) is 5.87. The van der Waals surface area contributed by atoms with Crippen LogP contribution in [0.3, 0.4) is 0 Å². The molecular formula is C26H39N5O3S2. The Morgan fingerprint density at radius 1 is 1.06 bits per heavy atom. The summed E-state index contributed by atoms with van der Waals surface area (Å²) in [5.74, 6) is 1.07. The van der Waals surface area contributed by atoms with Gasteiger partial charge in [-0.3, -0.25) is 0 Å². The minimum absolute atomic E-state index is 0.171. The number of thiazole rings is 1. The van der Waals surface area contributed by atoms with E-state index < -0.39 is 9.84 Å². The van der Waals surface area contributed by atoms with Crippen LogP contribution in [0.15, 0.2) is 17.0 Å². The molecule has 10 heteroatoms. The van der Waals surface area contributed by atoms with Crippen LogP contribution in [0.2, 0.25) is 0 Å². The molecule has 3 heterocycles. The summed E-state index contributed by atoms with van der Waals surface area (Å²) in [5.41, 5.74) is 1.43. The highest BCUT2D eigenvalue weighted by molar-refractivity contribution is 7.92. The fraction of sp³-hybridized carbons (Fsp3) is 0.692. The molecule has 3 N–H and O–H groups in total. The molecule has 3 aliphatic rings. The van der Waals surface area contributed by atoms with Gasteiger partial charge in [0.2, 0.25) is 0 Å². The lowest BCUT2D eigenvalue weighted by atomic mass is 9.79. The maximum absolute atomic E-state index is 13.7. The normalized spacial score (nSPS) is 25.3. The summed E-state index contributed by atoms with van der Waals surface area (Å²) in [7, 11) is -1.46. The van der Waals surface area contributed by atoms with E-state index in [2.05, 4.69) is 29.4 Å². The Morgan fingerprint density at radius 3 is 2.47 bits per heavy atom. The van der Waals surface area contributed by atoms with Crippen LogP contribution in [0.5, 0.6) is 0 Å². The van der Waals surface area contributed by atoms with Crippen molar-refractivity contribution in [2.45, 2.75) is 93.9 Å². The first-order valence-electron chi connectivity index (χ1n) is 13.2. The lowest BCUT2D eigenvalue weighted by Gasteiger charge is -2.29. The number of aliphatic hydroxyl groups excluding tert-OH is 1. The third-order valence-electron chi connectivity index (χ3n) is 7.97. The van der Waals surface area contributed by atoms with Gasteiger partial charge in [-0.05, 0) is 95.5 Å². The number of nitrogens with one attached hydrogen (secondary N) is 2. The lowest BCUT2D eigenvalue weighted by molar-refractivity contribution is 0.126. The first kappa shape index (κ1) is 25.9. The van der Waals surface area contributed by atoms with Crippen molar-refractivity contribution >= 4 is 37.9 Å². The molecule has 0 atom stereocenters. The Hall–Kier alpha value is -1.75. The fourth-order valence-electron chi connectivity index (χ4n) is 5.58. The fourth-order valence-corrected chi connectivity index (χ4v) is 8.63. The smallest absolute Gasteiger partial charge is 0.188 e. The van der Waals surface area contributed by atoms with E-state index in [-0.39, 0.29) is 22.8 Å². The molecule has 2 fully saturated rings. The van der Waals surface area contributed by atoms with E-state index in [0.717, 1.165) is 68.9 Å². The Morgan fingerprint density at radius 2 is 1.75 bits per heavy atom. The van der Waals surface area contributed by atoms with Gasteiger partial charge in [0.15, 0.2) is 15.0 Å². The molecule has 2 aliphatic carbocycles. The van der Waals surface area contributed by atoms with E-state index in [9.17, 15) is 13.5 Å². The van der Waals surface area contributed by atoms with E-state index in [1.54, 1.807) is 23.5 Å². The minimum Gasteiger partial charge on any atom is -0.393 e. The van der Waals surface area contributed by atoms with Crippen LogP contribution in [0, 0.1) is 5.41 Å². The molecule has 0 bridgehead atoms. The maximum atomic E-state index is 13.7. The van der Waals surface area contributed by atoms with Gasteiger partial charge >= 0.3 is 0 Å². The average Bonchev–Trinajstić information content (AvgIpc) is 3.21. The van der Waals surface area contributed by atoms with E-state index >= 15 is 0 Å². The number of fused-ring (bicyclic) bond motifs is 1. The molecule has 198 valence electrons. The van der Waals surface area contributed by atoms with Crippen molar-refractivity contribution in [2.24, 2.45) is 5.41 Å². The van der Waals surface area contributed by atoms with Gasteiger partial charge in [0.1, 0.15) is 11.6 Å². The zero-order valence-electron chi connectivity index (χ0n) is 21.6. The van der Waals surface area contributed by atoms with Crippen LogP contribution in [-0.4, -0.2) is 65.9 Å². The minimum atomic E-state index is -3.49. The van der Waals surface area contributed by atoms with Crippen LogP contribution in [-0.2, 0) is 22.7 Å². The van der Waals surface area contributed by atoms with E-state index in [1.807, 2.05) is 7.05 Å². The highest BCUT2D eigenvalue weighted by Crippen LogP contribution is 2.39. The van der Waals surface area contributed by atoms with Crippen LogP contribution in [0.25, 0.3) is 0 Å². The Balaban J connectivity index is 1.43. The molecule has 1 saturated carbocycles. The molecule has 2 aromatic heterocycles. The maximum Gasteiger partial charge on any atom is 0.188 e. The highest BCUT2D eigenvalue weighted by Gasteiger charge is 2.32. The Labute approximate surface area is 218 Å². The topological polar surface area (TPSA) is 107 Å². The molecule has 0 amide bonds. The summed E-state index contributed by atoms with van der Waals surface area (Å²) in [6.07, 6.45) is 7.32. The number of hydrogen-bond acceptors (Lipinski definition) is 9. The van der Waals surface area contributed by atoms with Crippen LogP contribution in [0.4, 0.5) is 16.8 Å². The van der Waals surface area contributed by atoms with Gasteiger partial charge in [0, 0.05) is 10.9 Å². The summed E-state index contributed by atoms with van der Waals surface area (Å²) in [4.78, 5) is 13.4. The standard InChI is InChI=1S/C26H39N5O3S2/c1-26(2)11-8-21-22(16-26)35-25(28-21)30-24-15-20(36(33,34)19-9-12-31(3)13-10-19)14-23(29-24)27-17-4-6-18(32)7-5-17/h14-15,17-19,32H,4-13,16H2,1-3H3,(H2,27,28,29,30)/t17-,18-. The van der Waals surface area contributed by atoms with Crippen LogP contribution >= 0.6 is 11.3 Å². The van der Waals surface area contributed by atoms with Gasteiger partial charge in [0.05, 0.1) is 21.9 Å². The van der Waals surface area contributed by atoms with Crippen molar-refractivity contribution in [1.29, 1.82) is 0 Å². The van der Waals surface area contributed by atoms with E-state index in [0.29, 0.717) is 29.4 Å². The lowest BCUT2D eigenvalue weighted by Crippen LogP contribution is -2.37. The summed E-state index contributed by atoms with van der Waals surface area (Å²) in [6.45, 7) is 6.17. The third-order valence-corrected chi connectivity index (χ3v) is 11.2. The summed E-state index contributed by atoms with van der Waals surface area (Å²) in [5, 5.41) is 17.1. The number of rotatable bonds is 6. The summed E-state index contributed by atoms with van der Waals surface area (Å²) < 4.78 is 27.3. The molecule has 2 aromatic rings. The first-order chi connectivity index (χ1) is 17.1. The molecular weight excluding hydrogens is 494 g/mol. The van der Waals surface area contributed by atoms with Crippen LogP contribution in [0.1, 0.15) is 69.4 Å². The number of sulfone groups is 1. The molecule has 0 aromatic carbocycles. The average molecular weight is 534 g/mol. The van der Waals surface area contributed by atoms with E-state index in [4.69, 9.17) is 9.97 Å². The monoisotopic (exact) mass is 533 g/mol. The van der Waals surface area contributed by atoms with Gasteiger partial charge in [-0.1, -0.05) is 13.8 Å². The summed E-state index contributed by atoms with van der Waals surface area (Å²) in [6, 6.07) is 3.54. The second-order valence-electron chi connectivity index (χ2n) is 11.6. The number of hydrogen-bond donors (Lipinski definition) is 3. The van der Waals surface area contributed by atoms with Gasteiger partial charge in [-0.25, -0.2) is 18.4 Å². The number of anilines is 3. The van der Waals surface area contributed by atoms with Crippen molar-refractivity contribution in [1.82, 2.24) is 14.9 Å². The van der Waals surface area contributed by atoms with Crippen molar-refractivity contribution in [3.05, 3.63) is 22.7 Å².